The zero-order valence-corrected chi connectivity index (χ0v) is 14.8. The van der Waals surface area contributed by atoms with Gasteiger partial charge in [-0.2, -0.15) is 0 Å². The molecule has 0 radical (unpaired) electrons. The maximum absolute atomic E-state index is 6.61. The van der Waals surface area contributed by atoms with Crippen molar-refractivity contribution in [1.29, 1.82) is 0 Å². The summed E-state index contributed by atoms with van der Waals surface area (Å²) < 4.78 is 12.0. The molecule has 2 heterocycles. The number of rotatable bonds is 1. The molecule has 128 valence electrons. The Labute approximate surface area is 158 Å². The van der Waals surface area contributed by atoms with E-state index in [0.717, 1.165) is 32.8 Å². The summed E-state index contributed by atoms with van der Waals surface area (Å²) in [6, 6.07) is 24.2. The topological polar surface area (TPSA) is 39.2 Å². The molecule has 0 aliphatic carbocycles. The van der Waals surface area contributed by atoms with Gasteiger partial charge in [0.15, 0.2) is 11.2 Å². The van der Waals surface area contributed by atoms with Crippen molar-refractivity contribution < 1.29 is 8.83 Å². The fourth-order valence-corrected chi connectivity index (χ4v) is 3.92. The molecule has 0 N–H and O–H groups in total. The minimum absolute atomic E-state index is 0.457. The van der Waals surface area contributed by atoms with Crippen LogP contribution in [0.1, 0.15) is 0 Å². The van der Waals surface area contributed by atoms with E-state index in [1.807, 2.05) is 48.5 Å². The van der Waals surface area contributed by atoms with Gasteiger partial charge in [0.25, 0.3) is 0 Å². The Morgan fingerprint density at radius 3 is 2.44 bits per heavy atom. The number of fused-ring (bicyclic) bond motifs is 5. The van der Waals surface area contributed by atoms with Crippen molar-refractivity contribution in [3.8, 4) is 11.5 Å². The molecule has 2 aromatic heterocycles. The average Bonchev–Trinajstić information content (AvgIpc) is 3.30. The summed E-state index contributed by atoms with van der Waals surface area (Å²) >= 11 is 6.61. The molecule has 0 unspecified atom stereocenters. The van der Waals surface area contributed by atoms with Crippen molar-refractivity contribution >= 4 is 55.4 Å². The Balaban J connectivity index is 1.62. The molecule has 0 saturated heterocycles. The van der Waals surface area contributed by atoms with E-state index in [9.17, 15) is 0 Å². The number of para-hydroxylation sites is 1. The summed E-state index contributed by atoms with van der Waals surface area (Å²) in [6.45, 7) is 0. The van der Waals surface area contributed by atoms with E-state index in [0.29, 0.717) is 22.1 Å². The first kappa shape index (κ1) is 14.8. The van der Waals surface area contributed by atoms with Crippen LogP contribution in [0.5, 0.6) is 0 Å². The standard InChI is InChI=1S/C23H12ClNO2/c24-20-21-17(16-7-3-4-8-19(16)26-21)12-18-22(20)27-23(25-18)15-10-9-13-5-1-2-6-14(13)11-15/h1-12H. The summed E-state index contributed by atoms with van der Waals surface area (Å²) in [4.78, 5) is 4.69. The van der Waals surface area contributed by atoms with E-state index in [-0.39, 0.29) is 0 Å². The smallest absolute Gasteiger partial charge is 0.227 e. The number of oxazole rings is 1. The van der Waals surface area contributed by atoms with Crippen molar-refractivity contribution in [2.75, 3.05) is 0 Å². The Kier molecular flexibility index (Phi) is 2.94. The fourth-order valence-electron chi connectivity index (χ4n) is 3.64. The zero-order valence-electron chi connectivity index (χ0n) is 14.1. The lowest BCUT2D eigenvalue weighted by molar-refractivity contribution is 0.618. The Morgan fingerprint density at radius 1 is 0.704 bits per heavy atom. The molecule has 4 aromatic carbocycles. The number of nitrogens with zero attached hydrogens (tertiary/aromatic N) is 1. The average molecular weight is 370 g/mol. The van der Waals surface area contributed by atoms with Crippen LogP contribution in [-0.2, 0) is 0 Å². The van der Waals surface area contributed by atoms with E-state index < -0.39 is 0 Å². The molecule has 0 spiro atoms. The number of aromatic nitrogens is 1. The molecule has 0 amide bonds. The van der Waals surface area contributed by atoms with E-state index >= 15 is 0 Å². The maximum atomic E-state index is 6.61. The van der Waals surface area contributed by atoms with Crippen LogP contribution in [0, 0.1) is 0 Å². The number of halogens is 1. The van der Waals surface area contributed by atoms with Crippen molar-refractivity contribution in [3.63, 3.8) is 0 Å². The van der Waals surface area contributed by atoms with Crippen LogP contribution in [0.15, 0.2) is 81.6 Å². The molecule has 27 heavy (non-hydrogen) atoms. The summed E-state index contributed by atoms with van der Waals surface area (Å²) in [5.74, 6) is 0.551. The summed E-state index contributed by atoms with van der Waals surface area (Å²) in [5.41, 5.74) is 3.62. The second-order valence-corrected chi connectivity index (χ2v) is 6.97. The van der Waals surface area contributed by atoms with Crippen LogP contribution in [-0.4, -0.2) is 4.98 Å². The molecule has 4 heteroatoms. The van der Waals surface area contributed by atoms with E-state index in [2.05, 4.69) is 24.3 Å². The highest BCUT2D eigenvalue weighted by Gasteiger charge is 2.18. The van der Waals surface area contributed by atoms with Gasteiger partial charge in [-0.1, -0.05) is 60.1 Å². The van der Waals surface area contributed by atoms with Gasteiger partial charge in [-0.05, 0) is 35.0 Å². The molecule has 0 bridgehead atoms. The van der Waals surface area contributed by atoms with Gasteiger partial charge in [0, 0.05) is 16.3 Å². The maximum Gasteiger partial charge on any atom is 0.227 e. The van der Waals surface area contributed by atoms with Crippen molar-refractivity contribution in [3.05, 3.63) is 77.8 Å². The van der Waals surface area contributed by atoms with Gasteiger partial charge in [-0.3, -0.25) is 0 Å². The van der Waals surface area contributed by atoms with Gasteiger partial charge in [-0.15, -0.1) is 0 Å². The predicted molar refractivity (Wildman–Crippen MR) is 109 cm³/mol. The molecule has 3 nitrogen and oxygen atoms in total. The van der Waals surface area contributed by atoms with Crippen LogP contribution >= 0.6 is 11.6 Å². The van der Waals surface area contributed by atoms with Crippen LogP contribution < -0.4 is 0 Å². The summed E-state index contributed by atoms with van der Waals surface area (Å²) in [5, 5.41) is 4.74. The van der Waals surface area contributed by atoms with Crippen LogP contribution in [0.2, 0.25) is 5.02 Å². The highest BCUT2D eigenvalue weighted by Crippen LogP contribution is 2.39. The molecule has 6 aromatic rings. The number of hydrogen-bond acceptors (Lipinski definition) is 3. The zero-order chi connectivity index (χ0) is 18.0. The third-order valence-electron chi connectivity index (χ3n) is 4.96. The molecule has 0 saturated carbocycles. The third kappa shape index (κ3) is 2.12. The largest absolute Gasteiger partial charge is 0.454 e. The molecule has 0 atom stereocenters. The number of benzene rings is 4. The monoisotopic (exact) mass is 369 g/mol. The molecular formula is C23H12ClNO2. The SMILES string of the molecule is Clc1c2oc(-c3ccc4ccccc4c3)nc2cc2c1oc1ccccc12. The summed E-state index contributed by atoms with van der Waals surface area (Å²) in [6.07, 6.45) is 0. The van der Waals surface area contributed by atoms with Crippen LogP contribution in [0.4, 0.5) is 0 Å². The van der Waals surface area contributed by atoms with Crippen molar-refractivity contribution in [2.45, 2.75) is 0 Å². The fraction of sp³-hybridized carbons (Fsp3) is 0. The van der Waals surface area contributed by atoms with E-state index in [1.54, 1.807) is 0 Å². The Bertz CT molecular complexity index is 1490. The molecule has 0 aliphatic heterocycles. The quantitative estimate of drug-likeness (QED) is 0.307. The first-order chi connectivity index (χ1) is 13.3. The first-order valence-corrected chi connectivity index (χ1v) is 9.05. The lowest BCUT2D eigenvalue weighted by Gasteiger charge is -1.99. The second kappa shape index (κ2) is 5.35. The molecule has 6 rings (SSSR count). The molecule has 0 aliphatic rings. The Hall–Kier alpha value is -3.30. The molecule has 0 fully saturated rings. The van der Waals surface area contributed by atoms with Crippen LogP contribution in [0.25, 0.3) is 55.3 Å². The second-order valence-electron chi connectivity index (χ2n) is 6.59. The predicted octanol–water partition coefficient (Wildman–Crippen LogP) is 7.20. The van der Waals surface area contributed by atoms with E-state index in [1.165, 1.54) is 5.39 Å². The van der Waals surface area contributed by atoms with Crippen molar-refractivity contribution in [2.24, 2.45) is 0 Å². The number of furan rings is 1. The highest BCUT2D eigenvalue weighted by molar-refractivity contribution is 6.40. The number of hydrogen-bond donors (Lipinski definition) is 0. The van der Waals surface area contributed by atoms with Crippen molar-refractivity contribution in [1.82, 2.24) is 4.98 Å². The van der Waals surface area contributed by atoms with Gasteiger partial charge >= 0.3 is 0 Å². The van der Waals surface area contributed by atoms with Gasteiger partial charge in [0.05, 0.1) is 0 Å². The van der Waals surface area contributed by atoms with Gasteiger partial charge in [0.1, 0.15) is 16.1 Å². The lowest BCUT2D eigenvalue weighted by atomic mass is 10.1. The molecular weight excluding hydrogens is 358 g/mol. The minimum atomic E-state index is 0.457. The van der Waals surface area contributed by atoms with E-state index in [4.69, 9.17) is 25.4 Å². The lowest BCUT2D eigenvalue weighted by Crippen LogP contribution is -1.78. The third-order valence-corrected chi connectivity index (χ3v) is 5.31. The van der Waals surface area contributed by atoms with Gasteiger partial charge in [-0.25, -0.2) is 4.98 Å². The van der Waals surface area contributed by atoms with Gasteiger partial charge < -0.3 is 8.83 Å². The first-order valence-electron chi connectivity index (χ1n) is 8.67. The van der Waals surface area contributed by atoms with Gasteiger partial charge in [0.2, 0.25) is 5.89 Å². The Morgan fingerprint density at radius 2 is 1.52 bits per heavy atom. The summed E-state index contributed by atoms with van der Waals surface area (Å²) in [7, 11) is 0. The highest BCUT2D eigenvalue weighted by atomic mass is 35.5. The normalized spacial score (nSPS) is 11.9. The minimum Gasteiger partial charge on any atom is -0.454 e. The van der Waals surface area contributed by atoms with Crippen LogP contribution in [0.3, 0.4) is 0 Å².